The zero-order valence-electron chi connectivity index (χ0n) is 12.4. The molecule has 1 aliphatic heterocycles. The molecule has 0 aliphatic carbocycles. The van der Waals surface area contributed by atoms with Crippen LogP contribution in [0.5, 0.6) is 0 Å². The van der Waals surface area contributed by atoms with Crippen LogP contribution >= 0.6 is 0 Å². The maximum atomic E-state index is 12.6. The van der Waals surface area contributed by atoms with E-state index in [0.717, 1.165) is 50.3 Å². The third-order valence-corrected chi connectivity index (χ3v) is 3.95. The van der Waals surface area contributed by atoms with Gasteiger partial charge in [0, 0.05) is 12.7 Å². The van der Waals surface area contributed by atoms with Crippen molar-refractivity contribution in [1.29, 1.82) is 0 Å². The molecule has 1 aromatic rings. The van der Waals surface area contributed by atoms with Crippen molar-refractivity contribution >= 4 is 5.91 Å². The third kappa shape index (κ3) is 3.54. The number of rotatable bonds is 5. The molecule has 5 nitrogen and oxygen atoms in total. The summed E-state index contributed by atoms with van der Waals surface area (Å²) in [6, 6.07) is 1.85. The molecule has 1 fully saturated rings. The molecular weight excluding hydrogens is 252 g/mol. The zero-order chi connectivity index (χ0) is 14.4. The first-order chi connectivity index (χ1) is 9.66. The lowest BCUT2D eigenvalue weighted by Crippen LogP contribution is -2.50. The van der Waals surface area contributed by atoms with E-state index in [0.29, 0.717) is 6.54 Å². The largest absolute Gasteiger partial charge is 0.350 e. The van der Waals surface area contributed by atoms with Gasteiger partial charge in [-0.15, -0.1) is 0 Å². The first-order valence-corrected chi connectivity index (χ1v) is 7.44. The number of carbonyl (C=O) groups excluding carboxylic acids is 1. The van der Waals surface area contributed by atoms with Crippen LogP contribution in [-0.2, 0) is 11.3 Å². The van der Waals surface area contributed by atoms with Crippen LogP contribution in [0.2, 0.25) is 0 Å². The number of hydrogen-bond donors (Lipinski definition) is 2. The van der Waals surface area contributed by atoms with Crippen molar-refractivity contribution in [1.82, 2.24) is 20.6 Å². The summed E-state index contributed by atoms with van der Waals surface area (Å²) in [6.07, 6.45) is 5.74. The van der Waals surface area contributed by atoms with E-state index in [-0.39, 0.29) is 11.3 Å². The zero-order valence-corrected chi connectivity index (χ0v) is 12.4. The molecule has 1 amide bonds. The Morgan fingerprint density at radius 2 is 2.40 bits per heavy atom. The van der Waals surface area contributed by atoms with Crippen LogP contribution in [0.1, 0.15) is 44.1 Å². The van der Waals surface area contributed by atoms with Gasteiger partial charge < -0.3 is 10.6 Å². The first kappa shape index (κ1) is 14.9. The molecule has 0 bridgehead atoms. The average Bonchev–Trinajstić information content (AvgIpc) is 2.46. The van der Waals surface area contributed by atoms with Crippen LogP contribution < -0.4 is 10.6 Å². The Hall–Kier alpha value is -1.49. The molecule has 0 spiro atoms. The Labute approximate surface area is 120 Å². The lowest BCUT2D eigenvalue weighted by atomic mass is 9.76. The highest BCUT2D eigenvalue weighted by Crippen LogP contribution is 2.31. The first-order valence-electron chi connectivity index (χ1n) is 7.44. The summed E-state index contributed by atoms with van der Waals surface area (Å²) in [7, 11) is 0. The second-order valence-electron chi connectivity index (χ2n) is 5.59. The average molecular weight is 276 g/mol. The van der Waals surface area contributed by atoms with E-state index >= 15 is 0 Å². The van der Waals surface area contributed by atoms with Crippen molar-refractivity contribution in [3.63, 3.8) is 0 Å². The van der Waals surface area contributed by atoms with E-state index in [4.69, 9.17) is 0 Å². The molecule has 1 saturated heterocycles. The summed E-state index contributed by atoms with van der Waals surface area (Å²) in [5, 5.41) is 6.41. The Morgan fingerprint density at radius 3 is 3.05 bits per heavy atom. The summed E-state index contributed by atoms with van der Waals surface area (Å²) in [5.74, 6) is 0.891. The molecule has 2 rings (SSSR count). The summed E-state index contributed by atoms with van der Waals surface area (Å²) in [5.41, 5.74) is 0.621. The van der Waals surface area contributed by atoms with Gasteiger partial charge in [0.05, 0.1) is 17.7 Å². The van der Waals surface area contributed by atoms with Crippen molar-refractivity contribution in [3.05, 3.63) is 23.8 Å². The normalized spacial score (nSPS) is 22.5. The third-order valence-electron chi connectivity index (χ3n) is 3.95. The Bertz CT molecular complexity index is 449. The van der Waals surface area contributed by atoms with Crippen LogP contribution in [0.25, 0.3) is 0 Å². The molecule has 0 radical (unpaired) electrons. The second kappa shape index (κ2) is 6.79. The van der Waals surface area contributed by atoms with Gasteiger partial charge in [0.25, 0.3) is 0 Å². The molecule has 20 heavy (non-hydrogen) atoms. The van der Waals surface area contributed by atoms with Crippen LogP contribution in [0.15, 0.2) is 12.3 Å². The van der Waals surface area contributed by atoms with Gasteiger partial charge in [0.15, 0.2) is 0 Å². The summed E-state index contributed by atoms with van der Waals surface area (Å²) in [6.45, 7) is 6.28. The molecular formula is C15H24N4O. The van der Waals surface area contributed by atoms with E-state index in [9.17, 15) is 4.79 Å². The molecule has 110 valence electrons. The number of carbonyl (C=O) groups is 1. The lowest BCUT2D eigenvalue weighted by Gasteiger charge is -2.36. The molecule has 1 aromatic heterocycles. The van der Waals surface area contributed by atoms with Crippen molar-refractivity contribution in [2.24, 2.45) is 5.41 Å². The summed E-state index contributed by atoms with van der Waals surface area (Å²) >= 11 is 0. The lowest BCUT2D eigenvalue weighted by molar-refractivity contribution is -0.132. The number of amides is 1. The highest BCUT2D eigenvalue weighted by atomic mass is 16.2. The minimum absolute atomic E-state index is 0.155. The quantitative estimate of drug-likeness (QED) is 0.856. The van der Waals surface area contributed by atoms with Crippen LogP contribution in [-0.4, -0.2) is 29.0 Å². The van der Waals surface area contributed by atoms with Gasteiger partial charge >= 0.3 is 0 Å². The van der Waals surface area contributed by atoms with Crippen LogP contribution in [0, 0.1) is 12.3 Å². The fraction of sp³-hybridized carbons (Fsp3) is 0.667. The van der Waals surface area contributed by atoms with Gasteiger partial charge in [-0.05, 0) is 38.8 Å². The molecule has 5 heteroatoms. The molecule has 2 heterocycles. The molecule has 1 atom stereocenters. The SMILES string of the molecule is CCCC1(C(=O)NCc2ccnc(C)n2)CCCNC1. The van der Waals surface area contributed by atoms with Gasteiger partial charge in [-0.3, -0.25) is 4.79 Å². The standard InChI is InChI=1S/C15H24N4O/c1-3-6-15(7-4-8-16-11-15)14(20)18-10-13-5-9-17-12(2)19-13/h5,9,16H,3-4,6-8,10-11H2,1-2H3,(H,18,20). The van der Waals surface area contributed by atoms with Gasteiger partial charge in [-0.2, -0.15) is 0 Å². The number of hydrogen-bond acceptors (Lipinski definition) is 4. The summed E-state index contributed by atoms with van der Waals surface area (Å²) < 4.78 is 0. The van der Waals surface area contributed by atoms with Crippen molar-refractivity contribution in [3.8, 4) is 0 Å². The molecule has 1 aliphatic rings. The van der Waals surface area contributed by atoms with Crippen molar-refractivity contribution in [2.75, 3.05) is 13.1 Å². The Balaban J connectivity index is 1.98. The van der Waals surface area contributed by atoms with Crippen LogP contribution in [0.4, 0.5) is 0 Å². The van der Waals surface area contributed by atoms with Crippen LogP contribution in [0.3, 0.4) is 0 Å². The van der Waals surface area contributed by atoms with E-state index in [1.54, 1.807) is 6.20 Å². The van der Waals surface area contributed by atoms with Gasteiger partial charge in [0.1, 0.15) is 5.82 Å². The Kier molecular flexibility index (Phi) is 5.06. The molecule has 0 aromatic carbocycles. The van der Waals surface area contributed by atoms with Gasteiger partial charge in [-0.1, -0.05) is 13.3 Å². The highest BCUT2D eigenvalue weighted by molar-refractivity contribution is 5.83. The number of nitrogens with zero attached hydrogens (tertiary/aromatic N) is 2. The minimum atomic E-state index is -0.241. The van der Waals surface area contributed by atoms with Crippen molar-refractivity contribution < 1.29 is 4.79 Å². The van der Waals surface area contributed by atoms with Crippen molar-refractivity contribution in [2.45, 2.75) is 46.1 Å². The fourth-order valence-electron chi connectivity index (χ4n) is 2.93. The Morgan fingerprint density at radius 1 is 1.55 bits per heavy atom. The predicted octanol–water partition coefficient (Wildman–Crippen LogP) is 1.57. The predicted molar refractivity (Wildman–Crippen MR) is 78.1 cm³/mol. The van der Waals surface area contributed by atoms with Gasteiger partial charge in [-0.25, -0.2) is 9.97 Å². The number of aryl methyl sites for hydroxylation is 1. The topological polar surface area (TPSA) is 66.9 Å². The maximum Gasteiger partial charge on any atom is 0.227 e. The monoisotopic (exact) mass is 276 g/mol. The highest BCUT2D eigenvalue weighted by Gasteiger charge is 2.38. The smallest absolute Gasteiger partial charge is 0.227 e. The number of nitrogens with one attached hydrogen (secondary N) is 2. The number of aromatic nitrogens is 2. The van der Waals surface area contributed by atoms with E-state index in [1.165, 1.54) is 0 Å². The molecule has 0 saturated carbocycles. The van der Waals surface area contributed by atoms with Gasteiger partial charge in [0.2, 0.25) is 5.91 Å². The van der Waals surface area contributed by atoms with E-state index < -0.39 is 0 Å². The summed E-state index contributed by atoms with van der Waals surface area (Å²) in [4.78, 5) is 21.0. The van der Waals surface area contributed by atoms with E-state index in [2.05, 4.69) is 27.5 Å². The molecule has 1 unspecified atom stereocenters. The molecule has 2 N–H and O–H groups in total. The maximum absolute atomic E-state index is 12.6. The number of piperidine rings is 1. The fourth-order valence-corrected chi connectivity index (χ4v) is 2.93. The second-order valence-corrected chi connectivity index (χ2v) is 5.59. The minimum Gasteiger partial charge on any atom is -0.350 e. The van der Waals surface area contributed by atoms with E-state index in [1.807, 2.05) is 13.0 Å².